The minimum atomic E-state index is -0.832. The van der Waals surface area contributed by atoms with Gasteiger partial charge in [0.15, 0.2) is 0 Å². The number of carboxylic acids is 1. The number of β-amino-alcohol motifs (C(OH)–C–C–N with tert-alkyl or cyclic N) is 1. The van der Waals surface area contributed by atoms with Crippen molar-refractivity contribution in [2.45, 2.75) is 18.9 Å². The molecule has 0 aromatic heterocycles. The van der Waals surface area contributed by atoms with Crippen LogP contribution >= 0.6 is 15.9 Å². The summed E-state index contributed by atoms with van der Waals surface area (Å²) in [6, 6.07) is 5.55. The summed E-state index contributed by atoms with van der Waals surface area (Å²) in [5, 5.41) is 18.2. The molecular weight excluding hydrogens is 286 g/mol. The van der Waals surface area contributed by atoms with Gasteiger partial charge in [0.1, 0.15) is 0 Å². The molecule has 0 amide bonds. The van der Waals surface area contributed by atoms with Crippen LogP contribution in [0.25, 0.3) is 0 Å². The third-order valence-electron chi connectivity index (χ3n) is 2.87. The number of carbonyl (C=O) groups is 1. The average Bonchev–Trinajstić information content (AvgIpc) is 2.64. The molecule has 1 fully saturated rings. The van der Waals surface area contributed by atoms with Crippen molar-refractivity contribution in [2.75, 3.05) is 18.0 Å². The summed E-state index contributed by atoms with van der Waals surface area (Å²) in [7, 11) is 0. The van der Waals surface area contributed by atoms with Crippen LogP contribution in [0.15, 0.2) is 22.7 Å². The Labute approximate surface area is 108 Å². The van der Waals surface area contributed by atoms with Gasteiger partial charge in [0.25, 0.3) is 0 Å². The first kappa shape index (κ1) is 12.4. The Morgan fingerprint density at radius 1 is 1.53 bits per heavy atom. The molecule has 1 aliphatic rings. The van der Waals surface area contributed by atoms with Crippen molar-refractivity contribution in [3.63, 3.8) is 0 Å². The molecule has 2 N–H and O–H groups in total. The number of aliphatic carboxylic acids is 1. The second kappa shape index (κ2) is 5.06. The lowest BCUT2D eigenvalue weighted by Crippen LogP contribution is -2.21. The molecule has 0 bridgehead atoms. The number of carboxylic acid groups (broad SMARTS) is 1. The Bertz CT molecular complexity index is 436. The second-order valence-corrected chi connectivity index (χ2v) is 5.10. The molecule has 0 radical (unpaired) electrons. The van der Waals surface area contributed by atoms with E-state index in [9.17, 15) is 9.90 Å². The van der Waals surface area contributed by atoms with Gasteiger partial charge >= 0.3 is 5.97 Å². The predicted molar refractivity (Wildman–Crippen MR) is 68.3 cm³/mol. The fraction of sp³-hybridized carbons (Fsp3) is 0.417. The predicted octanol–water partition coefficient (Wildman–Crippen LogP) is 1.65. The Kier molecular flexibility index (Phi) is 3.69. The van der Waals surface area contributed by atoms with Crippen LogP contribution < -0.4 is 4.90 Å². The monoisotopic (exact) mass is 299 g/mol. The van der Waals surface area contributed by atoms with Crippen LogP contribution in [-0.2, 0) is 11.2 Å². The number of anilines is 1. The molecule has 0 saturated carbocycles. The summed E-state index contributed by atoms with van der Waals surface area (Å²) >= 11 is 3.45. The summed E-state index contributed by atoms with van der Waals surface area (Å²) in [6.07, 6.45) is 0.547. The summed E-state index contributed by atoms with van der Waals surface area (Å²) in [6.45, 7) is 1.47. The minimum absolute atomic E-state index is 0.0293. The third kappa shape index (κ3) is 2.98. The number of nitrogens with zero attached hydrogens (tertiary/aromatic N) is 1. The average molecular weight is 300 g/mol. The van der Waals surface area contributed by atoms with E-state index in [4.69, 9.17) is 5.11 Å². The smallest absolute Gasteiger partial charge is 0.307 e. The molecule has 17 heavy (non-hydrogen) atoms. The fourth-order valence-corrected chi connectivity index (χ4v) is 2.73. The number of benzene rings is 1. The number of hydrogen-bond donors (Lipinski definition) is 2. The van der Waals surface area contributed by atoms with E-state index in [1.54, 1.807) is 0 Å². The van der Waals surface area contributed by atoms with E-state index >= 15 is 0 Å². The van der Waals surface area contributed by atoms with Crippen LogP contribution in [0.5, 0.6) is 0 Å². The first-order chi connectivity index (χ1) is 8.06. The third-order valence-corrected chi connectivity index (χ3v) is 3.51. The molecular formula is C12H14BrNO3. The number of aliphatic hydroxyl groups is 1. The van der Waals surface area contributed by atoms with E-state index in [0.717, 1.165) is 28.7 Å². The van der Waals surface area contributed by atoms with Gasteiger partial charge in [0.05, 0.1) is 18.2 Å². The van der Waals surface area contributed by atoms with Crippen molar-refractivity contribution >= 4 is 27.6 Å². The van der Waals surface area contributed by atoms with E-state index in [-0.39, 0.29) is 12.5 Å². The van der Waals surface area contributed by atoms with E-state index in [2.05, 4.69) is 20.8 Å². The van der Waals surface area contributed by atoms with Crippen LogP contribution in [-0.4, -0.2) is 35.4 Å². The van der Waals surface area contributed by atoms with Crippen molar-refractivity contribution < 1.29 is 15.0 Å². The van der Waals surface area contributed by atoms with Gasteiger partial charge in [-0.05, 0) is 40.0 Å². The lowest BCUT2D eigenvalue weighted by Gasteiger charge is -2.19. The van der Waals surface area contributed by atoms with E-state index in [0.29, 0.717) is 6.54 Å². The van der Waals surface area contributed by atoms with Gasteiger partial charge in [0, 0.05) is 17.6 Å². The van der Waals surface area contributed by atoms with Crippen LogP contribution in [0.1, 0.15) is 12.0 Å². The molecule has 1 aromatic rings. The molecule has 1 aliphatic heterocycles. The van der Waals surface area contributed by atoms with Crippen molar-refractivity contribution in [1.29, 1.82) is 0 Å². The topological polar surface area (TPSA) is 60.8 Å². The van der Waals surface area contributed by atoms with Crippen molar-refractivity contribution in [3.05, 3.63) is 28.2 Å². The zero-order chi connectivity index (χ0) is 12.4. The zero-order valence-electron chi connectivity index (χ0n) is 9.27. The van der Waals surface area contributed by atoms with Gasteiger partial charge in [-0.1, -0.05) is 6.07 Å². The molecule has 1 heterocycles. The maximum absolute atomic E-state index is 10.6. The summed E-state index contributed by atoms with van der Waals surface area (Å²) in [5.74, 6) is -0.832. The highest BCUT2D eigenvalue weighted by atomic mass is 79.9. The van der Waals surface area contributed by atoms with E-state index in [1.165, 1.54) is 0 Å². The first-order valence-electron chi connectivity index (χ1n) is 5.49. The van der Waals surface area contributed by atoms with Crippen molar-refractivity contribution in [1.82, 2.24) is 0 Å². The Hall–Kier alpha value is -1.07. The number of aliphatic hydroxyl groups excluding tert-OH is 1. The van der Waals surface area contributed by atoms with Gasteiger partial charge in [-0.25, -0.2) is 0 Å². The molecule has 0 spiro atoms. The summed E-state index contributed by atoms with van der Waals surface area (Å²) in [4.78, 5) is 12.7. The van der Waals surface area contributed by atoms with Crippen molar-refractivity contribution in [3.8, 4) is 0 Å². The van der Waals surface area contributed by atoms with Crippen LogP contribution in [0.2, 0.25) is 0 Å². The highest BCUT2D eigenvalue weighted by Crippen LogP contribution is 2.30. The molecule has 1 saturated heterocycles. The summed E-state index contributed by atoms with van der Waals surface area (Å²) < 4.78 is 0.880. The zero-order valence-corrected chi connectivity index (χ0v) is 10.9. The van der Waals surface area contributed by atoms with Gasteiger partial charge in [-0.15, -0.1) is 0 Å². The lowest BCUT2D eigenvalue weighted by molar-refractivity contribution is -0.136. The molecule has 2 rings (SSSR count). The molecule has 1 unspecified atom stereocenters. The number of rotatable bonds is 3. The molecule has 5 heteroatoms. The number of halogens is 1. The van der Waals surface area contributed by atoms with E-state index < -0.39 is 5.97 Å². The molecule has 1 aromatic carbocycles. The van der Waals surface area contributed by atoms with Gasteiger partial charge in [-0.3, -0.25) is 4.79 Å². The first-order valence-corrected chi connectivity index (χ1v) is 6.29. The van der Waals surface area contributed by atoms with Crippen LogP contribution in [0.3, 0.4) is 0 Å². The molecule has 1 atom stereocenters. The van der Waals surface area contributed by atoms with Gasteiger partial charge in [0.2, 0.25) is 0 Å². The largest absolute Gasteiger partial charge is 0.481 e. The van der Waals surface area contributed by atoms with Crippen LogP contribution in [0.4, 0.5) is 5.69 Å². The molecule has 4 nitrogen and oxygen atoms in total. The Morgan fingerprint density at radius 3 is 2.82 bits per heavy atom. The van der Waals surface area contributed by atoms with E-state index in [1.807, 2.05) is 18.2 Å². The van der Waals surface area contributed by atoms with Gasteiger partial charge < -0.3 is 15.1 Å². The minimum Gasteiger partial charge on any atom is -0.481 e. The Balaban J connectivity index is 2.17. The van der Waals surface area contributed by atoms with Crippen molar-refractivity contribution in [2.24, 2.45) is 0 Å². The SMILES string of the molecule is O=C(O)Cc1ccc(N2CCC(O)C2)c(Br)c1. The fourth-order valence-electron chi connectivity index (χ4n) is 2.05. The lowest BCUT2D eigenvalue weighted by atomic mass is 10.1. The van der Waals surface area contributed by atoms with Gasteiger partial charge in [-0.2, -0.15) is 0 Å². The second-order valence-electron chi connectivity index (χ2n) is 4.24. The maximum atomic E-state index is 10.6. The normalized spacial score (nSPS) is 19.6. The Morgan fingerprint density at radius 2 is 2.29 bits per heavy atom. The standard InChI is InChI=1S/C12H14BrNO3/c13-10-5-8(6-12(16)17)1-2-11(10)14-4-3-9(15)7-14/h1-2,5,9,15H,3-4,6-7H2,(H,16,17). The maximum Gasteiger partial charge on any atom is 0.307 e. The molecule has 92 valence electrons. The highest BCUT2D eigenvalue weighted by Gasteiger charge is 2.21. The highest BCUT2D eigenvalue weighted by molar-refractivity contribution is 9.10. The quantitative estimate of drug-likeness (QED) is 0.891. The summed E-state index contributed by atoms with van der Waals surface area (Å²) in [5.41, 5.74) is 1.78. The number of hydrogen-bond acceptors (Lipinski definition) is 3. The van der Waals surface area contributed by atoms with Crippen LogP contribution in [0, 0.1) is 0 Å². The molecule has 0 aliphatic carbocycles.